The molecule has 10 heteroatoms. The minimum atomic E-state index is -0.803. The van der Waals surface area contributed by atoms with Crippen LogP contribution in [0.2, 0.25) is 0 Å². The van der Waals surface area contributed by atoms with E-state index in [4.69, 9.17) is 9.47 Å². The van der Waals surface area contributed by atoms with Crippen molar-refractivity contribution in [3.05, 3.63) is 74.4 Å². The Morgan fingerprint density at radius 1 is 1.20 bits per heavy atom. The Kier molecular flexibility index (Phi) is 6.35. The second kappa shape index (κ2) is 9.44. The van der Waals surface area contributed by atoms with Crippen LogP contribution < -0.4 is 14.4 Å². The van der Waals surface area contributed by atoms with E-state index in [9.17, 15) is 14.7 Å². The van der Waals surface area contributed by atoms with E-state index in [1.807, 2.05) is 42.6 Å². The lowest BCUT2D eigenvalue weighted by Gasteiger charge is -2.21. The second-order valence-electron chi connectivity index (χ2n) is 7.59. The molecule has 1 N–H and O–H groups in total. The number of nitrogens with zero attached hydrogens (tertiary/aromatic N) is 2. The Bertz CT molecular complexity index is 1480. The normalized spacial score (nSPS) is 17.3. The van der Waals surface area contributed by atoms with Crippen LogP contribution in [0.3, 0.4) is 0 Å². The number of methoxy groups -OCH3 is 1. The first-order valence-corrected chi connectivity index (χ1v) is 13.1. The zero-order valence-corrected chi connectivity index (χ0v) is 21.9. The van der Waals surface area contributed by atoms with Gasteiger partial charge in [0.15, 0.2) is 5.13 Å². The molecule has 1 aliphatic rings. The van der Waals surface area contributed by atoms with Crippen LogP contribution in [0.1, 0.15) is 23.4 Å². The average molecular weight is 571 g/mol. The minimum absolute atomic E-state index is 0.0174. The lowest BCUT2D eigenvalue weighted by atomic mass is 10.00. The van der Waals surface area contributed by atoms with E-state index >= 15 is 0 Å². The molecule has 3 heterocycles. The maximum Gasteiger partial charge on any atom is 0.301 e. The van der Waals surface area contributed by atoms with Gasteiger partial charge in [0.25, 0.3) is 5.78 Å². The number of ketones is 1. The monoisotopic (exact) mass is 570 g/mol. The molecule has 1 atom stereocenters. The number of hydrogen-bond acceptors (Lipinski definition) is 8. The van der Waals surface area contributed by atoms with Gasteiger partial charge in [-0.3, -0.25) is 14.5 Å². The number of anilines is 1. The highest BCUT2D eigenvalue weighted by Crippen LogP contribution is 2.46. The van der Waals surface area contributed by atoms with Gasteiger partial charge in [0, 0.05) is 10.4 Å². The molecule has 0 bridgehead atoms. The number of hydrogen-bond donors (Lipinski definition) is 1. The molecule has 1 aliphatic heterocycles. The summed E-state index contributed by atoms with van der Waals surface area (Å²) in [6.45, 7) is 2.44. The van der Waals surface area contributed by atoms with Crippen molar-refractivity contribution in [3.63, 3.8) is 0 Å². The number of benzene rings is 2. The fourth-order valence-electron chi connectivity index (χ4n) is 3.97. The number of carbonyl (C=O) groups is 2. The number of halogens is 1. The van der Waals surface area contributed by atoms with Crippen LogP contribution in [0.15, 0.2) is 64.0 Å². The molecule has 178 valence electrons. The molecule has 4 aromatic rings. The molecule has 0 radical (unpaired) electrons. The standard InChI is InChI=1S/C25H19BrN2O5S2/c1-3-33-14-7-8-16-19(12-14)35-25(27-16)28-21(18-5-4-10-34-18)20(23(30)24(28)31)22(29)13-6-9-17(32-2)15(26)11-13/h4-12,21,29H,3H2,1-2H3/b22-20+. The van der Waals surface area contributed by atoms with Crippen LogP contribution in [-0.4, -0.2) is 35.5 Å². The molecule has 2 aromatic heterocycles. The van der Waals surface area contributed by atoms with Gasteiger partial charge in [-0.2, -0.15) is 0 Å². The molecule has 0 aliphatic carbocycles. The summed E-state index contributed by atoms with van der Waals surface area (Å²) in [7, 11) is 1.54. The SMILES string of the molecule is CCOc1ccc2nc(N3C(=O)C(=O)/C(=C(/O)c4ccc(OC)c(Br)c4)C3c3cccs3)sc2c1. The van der Waals surface area contributed by atoms with E-state index in [2.05, 4.69) is 20.9 Å². The first-order chi connectivity index (χ1) is 16.9. The fraction of sp³-hybridized carbons (Fsp3) is 0.160. The van der Waals surface area contributed by atoms with Gasteiger partial charge in [0.2, 0.25) is 0 Å². The number of thiophene rings is 1. The van der Waals surface area contributed by atoms with E-state index in [1.165, 1.54) is 34.7 Å². The topological polar surface area (TPSA) is 89.0 Å². The van der Waals surface area contributed by atoms with Gasteiger partial charge in [0.1, 0.15) is 23.3 Å². The summed E-state index contributed by atoms with van der Waals surface area (Å²) in [6, 6.07) is 13.4. The van der Waals surface area contributed by atoms with Gasteiger partial charge in [-0.25, -0.2) is 4.98 Å². The van der Waals surface area contributed by atoms with Crippen molar-refractivity contribution in [2.75, 3.05) is 18.6 Å². The zero-order chi connectivity index (χ0) is 24.7. The highest BCUT2D eigenvalue weighted by Gasteiger charge is 2.48. The van der Waals surface area contributed by atoms with Gasteiger partial charge >= 0.3 is 5.91 Å². The molecular formula is C25H19BrN2O5S2. The predicted molar refractivity (Wildman–Crippen MR) is 141 cm³/mol. The Morgan fingerprint density at radius 2 is 2.03 bits per heavy atom. The average Bonchev–Trinajstić information content (AvgIpc) is 3.57. The van der Waals surface area contributed by atoms with Crippen LogP contribution in [0.5, 0.6) is 11.5 Å². The fourth-order valence-corrected chi connectivity index (χ4v) is 6.35. The lowest BCUT2D eigenvalue weighted by molar-refractivity contribution is -0.132. The highest BCUT2D eigenvalue weighted by molar-refractivity contribution is 9.10. The van der Waals surface area contributed by atoms with E-state index in [0.29, 0.717) is 38.8 Å². The van der Waals surface area contributed by atoms with Gasteiger partial charge in [-0.15, -0.1) is 11.3 Å². The molecule has 0 spiro atoms. The van der Waals surface area contributed by atoms with Crippen molar-refractivity contribution in [3.8, 4) is 11.5 Å². The summed E-state index contributed by atoms with van der Waals surface area (Å²) in [6.07, 6.45) is 0. The molecular weight excluding hydrogens is 552 g/mol. The van der Waals surface area contributed by atoms with Crippen molar-refractivity contribution < 1.29 is 24.2 Å². The number of aliphatic hydroxyl groups is 1. The minimum Gasteiger partial charge on any atom is -0.507 e. The molecule has 1 unspecified atom stereocenters. The Hall–Kier alpha value is -3.21. The van der Waals surface area contributed by atoms with Gasteiger partial charge in [-0.05, 0) is 70.7 Å². The van der Waals surface area contributed by atoms with Crippen molar-refractivity contribution in [2.24, 2.45) is 0 Å². The third-order valence-corrected chi connectivity index (χ3v) is 8.11. The third-order valence-electron chi connectivity index (χ3n) is 5.55. The largest absolute Gasteiger partial charge is 0.507 e. The summed E-state index contributed by atoms with van der Waals surface area (Å²) >= 11 is 6.11. The van der Waals surface area contributed by atoms with E-state index in [1.54, 1.807) is 18.2 Å². The molecule has 0 saturated carbocycles. The smallest absolute Gasteiger partial charge is 0.301 e. The summed E-state index contributed by atoms with van der Waals surface area (Å²) in [4.78, 5) is 33.4. The van der Waals surface area contributed by atoms with Crippen molar-refractivity contribution in [1.29, 1.82) is 0 Å². The number of carbonyl (C=O) groups excluding carboxylic acids is 2. The van der Waals surface area contributed by atoms with Crippen LogP contribution >= 0.6 is 38.6 Å². The number of thiazole rings is 1. The number of amides is 1. The Balaban J connectivity index is 1.66. The van der Waals surface area contributed by atoms with Gasteiger partial charge < -0.3 is 14.6 Å². The molecule has 5 rings (SSSR count). The van der Waals surface area contributed by atoms with E-state index < -0.39 is 17.7 Å². The zero-order valence-electron chi connectivity index (χ0n) is 18.6. The quantitative estimate of drug-likeness (QED) is 0.170. The van der Waals surface area contributed by atoms with Crippen molar-refractivity contribution in [1.82, 2.24) is 4.98 Å². The summed E-state index contributed by atoms with van der Waals surface area (Å²) in [5.74, 6) is -0.467. The molecule has 1 amide bonds. The number of aliphatic hydroxyl groups excluding tert-OH is 1. The number of fused-ring (bicyclic) bond motifs is 1. The first kappa shape index (κ1) is 23.5. The summed E-state index contributed by atoms with van der Waals surface area (Å²) in [5, 5.41) is 13.5. The molecule has 2 aromatic carbocycles. The maximum absolute atomic E-state index is 13.3. The van der Waals surface area contributed by atoms with Crippen molar-refractivity contribution in [2.45, 2.75) is 13.0 Å². The molecule has 1 saturated heterocycles. The maximum atomic E-state index is 13.3. The predicted octanol–water partition coefficient (Wildman–Crippen LogP) is 6.15. The van der Waals surface area contributed by atoms with Gasteiger partial charge in [-0.1, -0.05) is 17.4 Å². The van der Waals surface area contributed by atoms with Crippen LogP contribution in [-0.2, 0) is 9.59 Å². The van der Waals surface area contributed by atoms with Crippen LogP contribution in [0.25, 0.3) is 16.0 Å². The number of ether oxygens (including phenoxy) is 2. The number of aromatic nitrogens is 1. The summed E-state index contributed by atoms with van der Waals surface area (Å²) in [5.41, 5.74) is 1.10. The van der Waals surface area contributed by atoms with Gasteiger partial charge in [0.05, 0.1) is 34.0 Å². The summed E-state index contributed by atoms with van der Waals surface area (Å²) < 4.78 is 12.3. The van der Waals surface area contributed by atoms with Crippen LogP contribution in [0.4, 0.5) is 5.13 Å². The highest BCUT2D eigenvalue weighted by atomic mass is 79.9. The number of Topliss-reactive ketones (excluding diaryl/α,β-unsaturated/α-hetero) is 1. The number of rotatable bonds is 6. The third kappa shape index (κ3) is 4.11. The first-order valence-electron chi connectivity index (χ1n) is 10.6. The van der Waals surface area contributed by atoms with Crippen LogP contribution in [0, 0.1) is 0 Å². The van der Waals surface area contributed by atoms with Crippen molar-refractivity contribution >= 4 is 71.4 Å². The second-order valence-corrected chi connectivity index (χ2v) is 10.4. The lowest BCUT2D eigenvalue weighted by Crippen LogP contribution is -2.28. The van der Waals surface area contributed by atoms with E-state index in [0.717, 1.165) is 9.58 Å². The van der Waals surface area contributed by atoms with E-state index in [-0.39, 0.29) is 11.3 Å². The molecule has 7 nitrogen and oxygen atoms in total. The Labute approximate surface area is 217 Å². The molecule has 35 heavy (non-hydrogen) atoms. The Morgan fingerprint density at radius 3 is 2.71 bits per heavy atom. The molecule has 1 fully saturated rings.